The summed E-state index contributed by atoms with van der Waals surface area (Å²) in [5.41, 5.74) is 0.0584. The molecule has 0 aliphatic carbocycles. The molecule has 1 atom stereocenters. The first kappa shape index (κ1) is 10.0. The van der Waals surface area contributed by atoms with Gasteiger partial charge in [0.1, 0.15) is 0 Å². The zero-order valence-electron chi connectivity index (χ0n) is 7.83. The molecule has 2 aromatic carbocycles. The van der Waals surface area contributed by atoms with Gasteiger partial charge in [-0.2, -0.15) is 0 Å². The van der Waals surface area contributed by atoms with Crippen molar-refractivity contribution in [1.29, 1.82) is 0 Å². The normalized spacial score (nSPS) is 13.3. The fourth-order valence-corrected chi connectivity index (χ4v) is 1.63. The summed E-state index contributed by atoms with van der Waals surface area (Å²) in [7, 11) is 0. The van der Waals surface area contributed by atoms with Crippen LogP contribution in [-0.4, -0.2) is 6.43 Å². The van der Waals surface area contributed by atoms with Crippen LogP contribution in [0, 0.1) is 0 Å². The molecule has 0 saturated heterocycles. The zero-order valence-corrected chi connectivity index (χ0v) is 7.83. The van der Waals surface area contributed by atoms with E-state index in [9.17, 15) is 13.2 Å². The van der Waals surface area contributed by atoms with Crippen molar-refractivity contribution in [2.75, 3.05) is 0 Å². The first-order valence-electron chi connectivity index (χ1n) is 4.60. The topological polar surface area (TPSA) is 0 Å². The molecule has 2 rings (SSSR count). The number of rotatable bonds is 2. The molecule has 0 radical (unpaired) electrons. The van der Waals surface area contributed by atoms with Gasteiger partial charge in [0, 0.05) is 0 Å². The molecule has 0 amide bonds. The van der Waals surface area contributed by atoms with E-state index in [-0.39, 0.29) is 5.56 Å². The van der Waals surface area contributed by atoms with Gasteiger partial charge >= 0.3 is 0 Å². The van der Waals surface area contributed by atoms with E-state index in [0.29, 0.717) is 5.39 Å². The van der Waals surface area contributed by atoms with E-state index in [2.05, 4.69) is 0 Å². The third-order valence-corrected chi connectivity index (χ3v) is 2.34. The number of hydrogen-bond acceptors (Lipinski definition) is 0. The van der Waals surface area contributed by atoms with Crippen molar-refractivity contribution in [3.8, 4) is 0 Å². The van der Waals surface area contributed by atoms with E-state index >= 15 is 0 Å². The monoisotopic (exact) mass is 210 g/mol. The van der Waals surface area contributed by atoms with E-state index in [4.69, 9.17) is 0 Å². The summed E-state index contributed by atoms with van der Waals surface area (Å²) in [6.07, 6.45) is -5.19. The lowest BCUT2D eigenvalue weighted by Gasteiger charge is -2.10. The largest absolute Gasteiger partial charge is 0.273 e. The Bertz CT molecular complexity index is 460. The molecule has 0 aliphatic rings. The molecule has 0 spiro atoms. The van der Waals surface area contributed by atoms with Gasteiger partial charge in [0.2, 0.25) is 0 Å². The molecule has 0 nitrogen and oxygen atoms in total. The summed E-state index contributed by atoms with van der Waals surface area (Å²) >= 11 is 0. The highest BCUT2D eigenvalue weighted by Crippen LogP contribution is 2.30. The number of hydrogen-bond donors (Lipinski definition) is 0. The number of benzene rings is 2. The number of alkyl halides is 3. The summed E-state index contributed by atoms with van der Waals surface area (Å²) in [5.74, 6) is 0. The lowest BCUT2D eigenvalue weighted by molar-refractivity contribution is 0.0503. The van der Waals surface area contributed by atoms with Crippen LogP contribution >= 0.6 is 0 Å². The zero-order chi connectivity index (χ0) is 10.8. The van der Waals surface area contributed by atoms with E-state index in [1.165, 1.54) is 6.07 Å². The molecule has 0 aromatic heterocycles. The minimum Gasteiger partial charge on any atom is -0.236 e. The van der Waals surface area contributed by atoms with E-state index in [1.54, 1.807) is 36.4 Å². The Morgan fingerprint density at radius 3 is 2.20 bits per heavy atom. The predicted molar refractivity (Wildman–Crippen MR) is 53.8 cm³/mol. The van der Waals surface area contributed by atoms with Gasteiger partial charge in [-0.3, -0.25) is 0 Å². The van der Waals surface area contributed by atoms with Crippen molar-refractivity contribution in [2.45, 2.75) is 12.6 Å². The van der Waals surface area contributed by atoms with E-state index in [0.717, 1.165) is 5.39 Å². The average molecular weight is 210 g/mol. The van der Waals surface area contributed by atoms with Crippen LogP contribution < -0.4 is 0 Å². The lowest BCUT2D eigenvalue weighted by atomic mass is 10.0. The molecule has 0 fully saturated rings. The quantitative estimate of drug-likeness (QED) is 0.699. The fraction of sp³-hybridized carbons (Fsp3) is 0.167. The minimum atomic E-state index is -2.98. The van der Waals surface area contributed by atoms with Gasteiger partial charge in [0.25, 0.3) is 6.43 Å². The standard InChI is InChI=1S/C12H9F3/c13-11(12(14)15)10-7-3-5-8-4-1-2-6-9(8)10/h1-7,11-12H. The first-order valence-corrected chi connectivity index (χ1v) is 4.60. The molecule has 3 heteroatoms. The summed E-state index contributed by atoms with van der Waals surface area (Å²) < 4.78 is 37.8. The highest BCUT2D eigenvalue weighted by molar-refractivity contribution is 5.86. The van der Waals surface area contributed by atoms with Gasteiger partial charge < -0.3 is 0 Å². The molecule has 0 bridgehead atoms. The second kappa shape index (κ2) is 3.93. The Kier molecular flexibility index (Phi) is 2.62. The van der Waals surface area contributed by atoms with Crippen molar-refractivity contribution >= 4 is 10.8 Å². The highest BCUT2D eigenvalue weighted by atomic mass is 19.3. The van der Waals surface area contributed by atoms with Gasteiger partial charge in [-0.25, -0.2) is 13.2 Å². The third-order valence-electron chi connectivity index (χ3n) is 2.34. The Balaban J connectivity index is 2.60. The van der Waals surface area contributed by atoms with Crippen LogP contribution in [-0.2, 0) is 0 Å². The molecule has 2 aromatic rings. The van der Waals surface area contributed by atoms with Gasteiger partial charge in [0.05, 0.1) is 0 Å². The Labute approximate surface area is 85.3 Å². The summed E-state index contributed by atoms with van der Waals surface area (Å²) in [6, 6.07) is 11.7. The lowest BCUT2D eigenvalue weighted by Crippen LogP contribution is -2.03. The average Bonchev–Trinajstić information content (AvgIpc) is 2.27. The van der Waals surface area contributed by atoms with Crippen LogP contribution in [0.2, 0.25) is 0 Å². The van der Waals surface area contributed by atoms with Crippen LogP contribution in [0.15, 0.2) is 42.5 Å². The summed E-state index contributed by atoms with van der Waals surface area (Å²) in [5, 5.41) is 1.33. The second-order valence-electron chi connectivity index (χ2n) is 3.30. The molecular weight excluding hydrogens is 201 g/mol. The van der Waals surface area contributed by atoms with Crippen molar-refractivity contribution in [2.24, 2.45) is 0 Å². The molecule has 0 heterocycles. The van der Waals surface area contributed by atoms with Gasteiger partial charge in [0.15, 0.2) is 6.17 Å². The third kappa shape index (κ3) is 1.82. The Morgan fingerprint density at radius 1 is 0.800 bits per heavy atom. The van der Waals surface area contributed by atoms with Crippen molar-refractivity contribution < 1.29 is 13.2 Å². The maximum Gasteiger partial charge on any atom is 0.273 e. The summed E-state index contributed by atoms with van der Waals surface area (Å²) in [6.45, 7) is 0. The second-order valence-corrected chi connectivity index (χ2v) is 3.30. The Hall–Kier alpha value is -1.51. The van der Waals surface area contributed by atoms with Crippen LogP contribution in [0.5, 0.6) is 0 Å². The van der Waals surface area contributed by atoms with E-state index in [1.807, 2.05) is 0 Å². The van der Waals surface area contributed by atoms with Crippen LogP contribution in [0.25, 0.3) is 10.8 Å². The Morgan fingerprint density at radius 2 is 1.47 bits per heavy atom. The van der Waals surface area contributed by atoms with Gasteiger partial charge in [-0.15, -0.1) is 0 Å². The maximum atomic E-state index is 13.2. The minimum absolute atomic E-state index is 0.0584. The van der Waals surface area contributed by atoms with Crippen LogP contribution in [0.4, 0.5) is 13.2 Å². The molecule has 15 heavy (non-hydrogen) atoms. The van der Waals surface area contributed by atoms with Gasteiger partial charge in [-0.1, -0.05) is 42.5 Å². The summed E-state index contributed by atoms with van der Waals surface area (Å²) in [4.78, 5) is 0. The number of fused-ring (bicyclic) bond motifs is 1. The van der Waals surface area contributed by atoms with Crippen molar-refractivity contribution in [3.05, 3.63) is 48.0 Å². The van der Waals surface area contributed by atoms with Crippen LogP contribution in [0.1, 0.15) is 11.7 Å². The molecule has 1 unspecified atom stereocenters. The first-order chi connectivity index (χ1) is 7.20. The van der Waals surface area contributed by atoms with Crippen molar-refractivity contribution in [3.63, 3.8) is 0 Å². The predicted octanol–water partition coefficient (Wildman–Crippen LogP) is 4.12. The molecular formula is C12H9F3. The molecule has 0 saturated carbocycles. The fourth-order valence-electron chi connectivity index (χ4n) is 1.63. The maximum absolute atomic E-state index is 13.2. The SMILES string of the molecule is FC(F)C(F)c1cccc2ccccc12. The smallest absolute Gasteiger partial charge is 0.236 e. The van der Waals surface area contributed by atoms with Crippen LogP contribution in [0.3, 0.4) is 0 Å². The molecule has 0 aliphatic heterocycles. The van der Waals surface area contributed by atoms with E-state index < -0.39 is 12.6 Å². The number of halogens is 3. The van der Waals surface area contributed by atoms with Gasteiger partial charge in [-0.05, 0) is 16.3 Å². The van der Waals surface area contributed by atoms with Crippen molar-refractivity contribution in [1.82, 2.24) is 0 Å². The molecule has 0 N–H and O–H groups in total. The highest BCUT2D eigenvalue weighted by Gasteiger charge is 2.22. The molecule has 78 valence electrons.